The number of carbonyl (C=O) groups is 1. The van der Waals surface area contributed by atoms with E-state index in [9.17, 15) is 14.9 Å². The molecule has 0 bridgehead atoms. The predicted molar refractivity (Wildman–Crippen MR) is 115 cm³/mol. The first-order chi connectivity index (χ1) is 14.7. The van der Waals surface area contributed by atoms with Gasteiger partial charge in [0.1, 0.15) is 0 Å². The van der Waals surface area contributed by atoms with Crippen LogP contribution in [0.15, 0.2) is 59.8 Å². The Labute approximate surface area is 179 Å². The van der Waals surface area contributed by atoms with Crippen molar-refractivity contribution >= 4 is 17.4 Å². The number of aryl methyl sites for hydroxylation is 1. The third kappa shape index (κ3) is 4.09. The maximum Gasteiger partial charge on any atom is 0.365 e. The van der Waals surface area contributed by atoms with E-state index in [-0.39, 0.29) is 16.7 Å². The lowest BCUT2D eigenvalue weighted by molar-refractivity contribution is -0.384. The highest BCUT2D eigenvalue weighted by molar-refractivity contribution is 6.04. The highest BCUT2D eigenvalue weighted by Gasteiger charge is 2.35. The summed E-state index contributed by atoms with van der Waals surface area (Å²) in [7, 11) is 0. The van der Waals surface area contributed by atoms with E-state index in [4.69, 9.17) is 9.94 Å². The summed E-state index contributed by atoms with van der Waals surface area (Å²) < 4.78 is 1.93. The van der Waals surface area contributed by atoms with E-state index in [1.165, 1.54) is 24.3 Å². The van der Waals surface area contributed by atoms with Gasteiger partial charge in [-0.2, -0.15) is 5.10 Å². The largest absolute Gasteiger partial charge is 0.365 e. The Morgan fingerprint density at radius 2 is 1.81 bits per heavy atom. The van der Waals surface area contributed by atoms with Gasteiger partial charge in [-0.15, -0.1) is 0 Å². The summed E-state index contributed by atoms with van der Waals surface area (Å²) >= 11 is 0. The van der Waals surface area contributed by atoms with Crippen molar-refractivity contribution in [1.29, 1.82) is 0 Å². The number of fused-ring (bicyclic) bond motifs is 1. The number of benzene rings is 2. The molecular formula is C23H22N4O4. The van der Waals surface area contributed by atoms with Gasteiger partial charge in [0.15, 0.2) is 0 Å². The Kier molecular flexibility index (Phi) is 5.14. The van der Waals surface area contributed by atoms with Crippen LogP contribution < -0.4 is 0 Å². The van der Waals surface area contributed by atoms with Crippen LogP contribution in [0.3, 0.4) is 0 Å². The van der Waals surface area contributed by atoms with Gasteiger partial charge in [0, 0.05) is 17.7 Å². The maximum atomic E-state index is 12.4. The molecule has 0 N–H and O–H groups in total. The average Bonchev–Trinajstić information content (AvgIpc) is 3.07. The molecule has 0 atom stereocenters. The molecule has 1 aromatic heterocycles. The van der Waals surface area contributed by atoms with E-state index in [1.54, 1.807) is 0 Å². The fraction of sp³-hybridized carbons (Fsp3) is 0.261. The normalized spacial score (nSPS) is 16.0. The van der Waals surface area contributed by atoms with E-state index in [0.29, 0.717) is 12.1 Å². The predicted octanol–water partition coefficient (Wildman–Crippen LogP) is 4.62. The smallest absolute Gasteiger partial charge is 0.313 e. The number of rotatable bonds is 4. The highest BCUT2D eigenvalue weighted by atomic mass is 16.7. The zero-order chi connectivity index (χ0) is 22.2. The fourth-order valence-electron chi connectivity index (χ4n) is 3.90. The van der Waals surface area contributed by atoms with Crippen molar-refractivity contribution in [3.63, 3.8) is 0 Å². The van der Waals surface area contributed by atoms with E-state index in [1.807, 2.05) is 41.9 Å². The van der Waals surface area contributed by atoms with Crippen molar-refractivity contribution < 1.29 is 14.6 Å². The first-order valence-electron chi connectivity index (χ1n) is 9.92. The SMILES string of the molecule is Cc1nn(-c2ccccc2)c2c1/C(=N/OC(=O)c1ccc([N+](=O)[O-])cc1)CC(C)(C)C2. The monoisotopic (exact) mass is 418 g/mol. The number of para-hydroxylation sites is 1. The second-order valence-electron chi connectivity index (χ2n) is 8.39. The number of nitrogens with zero attached hydrogens (tertiary/aromatic N) is 4. The van der Waals surface area contributed by atoms with Crippen molar-refractivity contribution in [3.8, 4) is 5.69 Å². The number of hydrogen-bond donors (Lipinski definition) is 0. The molecule has 8 nitrogen and oxygen atoms in total. The Morgan fingerprint density at radius 3 is 2.45 bits per heavy atom. The Hall–Kier alpha value is -3.81. The van der Waals surface area contributed by atoms with Gasteiger partial charge in [-0.1, -0.05) is 37.2 Å². The zero-order valence-corrected chi connectivity index (χ0v) is 17.5. The van der Waals surface area contributed by atoms with Gasteiger partial charge in [-0.25, -0.2) is 9.48 Å². The van der Waals surface area contributed by atoms with E-state index in [2.05, 4.69) is 19.0 Å². The minimum Gasteiger partial charge on any atom is -0.313 e. The summed E-state index contributed by atoms with van der Waals surface area (Å²) in [4.78, 5) is 27.9. The summed E-state index contributed by atoms with van der Waals surface area (Å²) in [6.45, 7) is 6.20. The van der Waals surface area contributed by atoms with Gasteiger partial charge >= 0.3 is 5.97 Å². The van der Waals surface area contributed by atoms with E-state index >= 15 is 0 Å². The molecule has 0 fully saturated rings. The zero-order valence-electron chi connectivity index (χ0n) is 17.5. The van der Waals surface area contributed by atoms with Crippen LogP contribution in [0, 0.1) is 22.5 Å². The fourth-order valence-corrected chi connectivity index (χ4v) is 3.90. The molecule has 8 heteroatoms. The van der Waals surface area contributed by atoms with Crippen LogP contribution in [0.25, 0.3) is 5.69 Å². The molecule has 0 aliphatic heterocycles. The molecule has 0 saturated heterocycles. The average molecular weight is 418 g/mol. The van der Waals surface area contributed by atoms with E-state index < -0.39 is 10.9 Å². The van der Waals surface area contributed by atoms with Gasteiger partial charge in [0.05, 0.1) is 33.3 Å². The molecule has 1 heterocycles. The minimum atomic E-state index is -0.666. The van der Waals surface area contributed by atoms with Gasteiger partial charge in [0.2, 0.25) is 0 Å². The molecule has 0 radical (unpaired) electrons. The standard InChI is InChI=1S/C23H22N4O4/c1-15-21-19(25-31-22(28)16-9-11-18(12-10-16)27(29)30)13-23(2,3)14-20(21)26(24-15)17-7-5-4-6-8-17/h4-12H,13-14H2,1-3H3/b25-19+. The number of hydrogen-bond acceptors (Lipinski definition) is 6. The molecule has 4 rings (SSSR count). The summed E-state index contributed by atoms with van der Waals surface area (Å²) in [6, 6.07) is 15.1. The summed E-state index contributed by atoms with van der Waals surface area (Å²) in [5, 5.41) is 19.7. The lowest BCUT2D eigenvalue weighted by Crippen LogP contribution is -2.29. The third-order valence-corrected chi connectivity index (χ3v) is 5.29. The summed E-state index contributed by atoms with van der Waals surface area (Å²) in [5.41, 5.74) is 4.40. The highest BCUT2D eigenvalue weighted by Crippen LogP contribution is 2.37. The van der Waals surface area contributed by atoms with Crippen molar-refractivity contribution in [2.24, 2.45) is 10.6 Å². The van der Waals surface area contributed by atoms with Gasteiger partial charge < -0.3 is 4.84 Å². The number of oxime groups is 1. The lowest BCUT2D eigenvalue weighted by Gasteiger charge is -2.30. The molecule has 1 aliphatic carbocycles. The Bertz CT molecular complexity index is 1180. The molecule has 0 saturated carbocycles. The maximum absolute atomic E-state index is 12.4. The van der Waals surface area contributed by atoms with E-state index in [0.717, 1.165) is 29.1 Å². The number of aromatic nitrogens is 2. The van der Waals surface area contributed by atoms with Crippen LogP contribution in [0.1, 0.15) is 47.6 Å². The molecule has 3 aromatic rings. The number of nitro groups is 1. The topological polar surface area (TPSA) is 99.6 Å². The third-order valence-electron chi connectivity index (χ3n) is 5.29. The van der Waals surface area contributed by atoms with Crippen LogP contribution in [0.2, 0.25) is 0 Å². The Morgan fingerprint density at radius 1 is 1.13 bits per heavy atom. The molecule has 0 unspecified atom stereocenters. The minimum absolute atomic E-state index is 0.0921. The van der Waals surface area contributed by atoms with Gasteiger partial charge in [-0.05, 0) is 49.4 Å². The van der Waals surface area contributed by atoms with Crippen LogP contribution >= 0.6 is 0 Å². The molecule has 158 valence electrons. The van der Waals surface area contributed by atoms with Crippen LogP contribution in [-0.2, 0) is 11.3 Å². The van der Waals surface area contributed by atoms with Crippen LogP contribution in [0.5, 0.6) is 0 Å². The first kappa shape index (κ1) is 20.5. The number of nitro benzene ring substituents is 1. The summed E-state index contributed by atoms with van der Waals surface area (Å²) in [6.07, 6.45) is 1.45. The second-order valence-corrected chi connectivity index (χ2v) is 8.39. The Balaban J connectivity index is 1.67. The van der Waals surface area contributed by atoms with Crippen molar-refractivity contribution in [2.45, 2.75) is 33.6 Å². The molecular weight excluding hydrogens is 396 g/mol. The molecule has 2 aromatic carbocycles. The molecule has 0 amide bonds. The molecule has 31 heavy (non-hydrogen) atoms. The number of carbonyl (C=O) groups excluding carboxylic acids is 1. The second kappa shape index (κ2) is 7.79. The molecule has 1 aliphatic rings. The lowest BCUT2D eigenvalue weighted by atomic mass is 9.75. The van der Waals surface area contributed by atoms with Crippen molar-refractivity contribution in [2.75, 3.05) is 0 Å². The summed E-state index contributed by atoms with van der Waals surface area (Å²) in [5.74, 6) is -0.666. The van der Waals surface area contributed by atoms with Gasteiger partial charge in [-0.3, -0.25) is 10.1 Å². The van der Waals surface area contributed by atoms with Crippen LogP contribution in [0.4, 0.5) is 5.69 Å². The molecule has 0 spiro atoms. The van der Waals surface area contributed by atoms with Crippen molar-refractivity contribution in [3.05, 3.63) is 87.2 Å². The van der Waals surface area contributed by atoms with Crippen LogP contribution in [-0.4, -0.2) is 26.4 Å². The first-order valence-corrected chi connectivity index (χ1v) is 9.92. The number of non-ortho nitro benzene ring substituents is 1. The van der Waals surface area contributed by atoms with Gasteiger partial charge in [0.25, 0.3) is 5.69 Å². The van der Waals surface area contributed by atoms with Crippen molar-refractivity contribution in [1.82, 2.24) is 9.78 Å². The quantitative estimate of drug-likeness (QED) is 0.350.